The van der Waals surface area contributed by atoms with Gasteiger partial charge in [0.05, 0.1) is 11.6 Å². The predicted molar refractivity (Wildman–Crippen MR) is 36.6 cm³/mol. The molecule has 1 aromatic heterocycles. The predicted octanol–water partition coefficient (Wildman–Crippen LogP) is 1.25. The van der Waals surface area contributed by atoms with E-state index >= 15 is 0 Å². The molecule has 0 saturated carbocycles. The molecule has 0 saturated heterocycles. The van der Waals surface area contributed by atoms with Gasteiger partial charge in [0.1, 0.15) is 5.82 Å². The first-order chi connectivity index (χ1) is 4.74. The summed E-state index contributed by atoms with van der Waals surface area (Å²) in [5.74, 6) is -0.489. The highest BCUT2D eigenvalue weighted by Crippen LogP contribution is 2.02. The fourth-order valence-electron chi connectivity index (χ4n) is 0.597. The number of H-pyrrole nitrogens is 1. The third kappa shape index (κ3) is 1.36. The lowest BCUT2D eigenvalue weighted by atomic mass is 10.4. The first-order valence-corrected chi connectivity index (χ1v) is 3.21. The van der Waals surface area contributed by atoms with Crippen LogP contribution in [-0.4, -0.2) is 4.98 Å². The van der Waals surface area contributed by atoms with Crippen LogP contribution in [0.4, 0.5) is 4.39 Å². The van der Waals surface area contributed by atoms with E-state index in [0.717, 1.165) is 12.1 Å². The number of alkyl halides is 1. The van der Waals surface area contributed by atoms with Crippen molar-refractivity contribution in [3.8, 4) is 0 Å². The third-order valence-corrected chi connectivity index (χ3v) is 1.34. The summed E-state index contributed by atoms with van der Waals surface area (Å²) in [5.41, 5.74) is -0.203. The maximum atomic E-state index is 12.5. The molecule has 1 heterocycles. The summed E-state index contributed by atoms with van der Waals surface area (Å²) in [6.45, 7) is 0. The fraction of sp³-hybridized carbons (Fsp3) is 0.167. The van der Waals surface area contributed by atoms with Crippen molar-refractivity contribution in [1.29, 1.82) is 0 Å². The van der Waals surface area contributed by atoms with Crippen LogP contribution in [0.1, 0.15) is 5.69 Å². The van der Waals surface area contributed by atoms with Crippen molar-refractivity contribution in [2.45, 2.75) is 5.88 Å². The van der Waals surface area contributed by atoms with Gasteiger partial charge in [0.2, 0.25) is 5.56 Å². The van der Waals surface area contributed by atoms with Crippen LogP contribution in [0.15, 0.2) is 16.9 Å². The zero-order chi connectivity index (χ0) is 7.56. The standard InChI is InChI=1S/C6H5ClFNO/c7-3-5-4(8)1-2-6(10)9-5/h1-2H,3H2,(H,9,10). The van der Waals surface area contributed by atoms with Gasteiger partial charge >= 0.3 is 0 Å². The first kappa shape index (κ1) is 7.28. The van der Waals surface area contributed by atoms with Crippen LogP contribution in [-0.2, 0) is 5.88 Å². The number of hydrogen-bond acceptors (Lipinski definition) is 1. The molecular weight excluding hydrogens is 157 g/mol. The molecule has 0 aliphatic heterocycles. The van der Waals surface area contributed by atoms with Crippen LogP contribution in [0.3, 0.4) is 0 Å². The van der Waals surface area contributed by atoms with Crippen LogP contribution in [0.5, 0.6) is 0 Å². The second-order valence-corrected chi connectivity index (χ2v) is 2.05. The second-order valence-electron chi connectivity index (χ2n) is 1.78. The topological polar surface area (TPSA) is 32.9 Å². The number of aromatic nitrogens is 1. The van der Waals surface area contributed by atoms with E-state index in [1.54, 1.807) is 0 Å². The normalized spacial score (nSPS) is 9.80. The van der Waals surface area contributed by atoms with Crippen molar-refractivity contribution < 1.29 is 4.39 Å². The van der Waals surface area contributed by atoms with Gasteiger partial charge in [-0.1, -0.05) is 0 Å². The summed E-state index contributed by atoms with van der Waals surface area (Å²) in [5, 5.41) is 0. The maximum Gasteiger partial charge on any atom is 0.248 e. The Morgan fingerprint density at radius 1 is 1.60 bits per heavy atom. The van der Waals surface area contributed by atoms with Gasteiger partial charge in [-0.05, 0) is 6.07 Å². The van der Waals surface area contributed by atoms with Crippen LogP contribution in [0.2, 0.25) is 0 Å². The summed E-state index contributed by atoms with van der Waals surface area (Å²) in [6, 6.07) is 2.21. The smallest absolute Gasteiger partial charge is 0.248 e. The largest absolute Gasteiger partial charge is 0.322 e. The number of nitrogens with one attached hydrogen (secondary N) is 1. The maximum absolute atomic E-state index is 12.5. The second kappa shape index (κ2) is 2.84. The molecule has 0 spiro atoms. The van der Waals surface area contributed by atoms with E-state index < -0.39 is 5.82 Å². The Morgan fingerprint density at radius 3 is 2.80 bits per heavy atom. The molecule has 0 aliphatic carbocycles. The van der Waals surface area contributed by atoms with E-state index in [4.69, 9.17) is 11.6 Å². The first-order valence-electron chi connectivity index (χ1n) is 2.67. The van der Waals surface area contributed by atoms with Gasteiger partial charge in [0.25, 0.3) is 0 Å². The van der Waals surface area contributed by atoms with E-state index in [9.17, 15) is 9.18 Å². The molecule has 54 valence electrons. The minimum absolute atomic E-state index is 0.0120. The molecule has 0 fully saturated rings. The fourth-order valence-corrected chi connectivity index (χ4v) is 0.791. The molecule has 0 radical (unpaired) electrons. The minimum Gasteiger partial charge on any atom is -0.322 e. The van der Waals surface area contributed by atoms with Crippen LogP contribution in [0.25, 0.3) is 0 Å². The zero-order valence-electron chi connectivity index (χ0n) is 5.03. The summed E-state index contributed by atoms with van der Waals surface area (Å²) in [7, 11) is 0. The lowest BCUT2D eigenvalue weighted by Crippen LogP contribution is -2.07. The number of rotatable bonds is 1. The van der Waals surface area contributed by atoms with Gasteiger partial charge in [-0.15, -0.1) is 11.6 Å². The van der Waals surface area contributed by atoms with Gasteiger partial charge in [0, 0.05) is 6.07 Å². The van der Waals surface area contributed by atoms with E-state index in [2.05, 4.69) is 4.98 Å². The van der Waals surface area contributed by atoms with Crippen molar-refractivity contribution in [1.82, 2.24) is 4.98 Å². The third-order valence-electron chi connectivity index (χ3n) is 1.08. The van der Waals surface area contributed by atoms with E-state index in [0.29, 0.717) is 0 Å². The van der Waals surface area contributed by atoms with Crippen LogP contribution >= 0.6 is 11.6 Å². The monoisotopic (exact) mass is 161 g/mol. The molecule has 10 heavy (non-hydrogen) atoms. The molecule has 4 heteroatoms. The van der Waals surface area contributed by atoms with Crippen LogP contribution in [0, 0.1) is 5.82 Å². The molecule has 0 aliphatic rings. The SMILES string of the molecule is O=c1ccc(F)c(CCl)[nH]1. The Balaban J connectivity index is 3.22. The Hall–Kier alpha value is -0.830. The van der Waals surface area contributed by atoms with E-state index in [1.165, 1.54) is 0 Å². The molecule has 1 rings (SSSR count). The average Bonchev–Trinajstić information content (AvgIpc) is 1.94. The summed E-state index contributed by atoms with van der Waals surface area (Å²) >= 11 is 5.29. The molecule has 0 amide bonds. The highest BCUT2D eigenvalue weighted by atomic mass is 35.5. The number of halogens is 2. The summed E-state index contributed by atoms with van der Waals surface area (Å²) < 4.78 is 12.5. The van der Waals surface area contributed by atoms with Crippen molar-refractivity contribution in [3.63, 3.8) is 0 Å². The minimum atomic E-state index is -0.477. The van der Waals surface area contributed by atoms with Crippen molar-refractivity contribution in [2.75, 3.05) is 0 Å². The Morgan fingerprint density at radius 2 is 2.30 bits per heavy atom. The lowest BCUT2D eigenvalue weighted by molar-refractivity contribution is 0.606. The highest BCUT2D eigenvalue weighted by molar-refractivity contribution is 6.16. The molecule has 1 N–H and O–H groups in total. The lowest BCUT2D eigenvalue weighted by Gasteiger charge is -1.94. The number of aromatic amines is 1. The number of pyridine rings is 1. The van der Waals surface area contributed by atoms with Gasteiger partial charge in [0.15, 0.2) is 0 Å². The van der Waals surface area contributed by atoms with Crippen molar-refractivity contribution >= 4 is 11.6 Å². The van der Waals surface area contributed by atoms with Gasteiger partial charge in [-0.2, -0.15) is 0 Å². The quantitative estimate of drug-likeness (QED) is 0.618. The van der Waals surface area contributed by atoms with Crippen molar-refractivity contribution in [2.24, 2.45) is 0 Å². The van der Waals surface area contributed by atoms with Gasteiger partial charge in [-0.25, -0.2) is 4.39 Å². The molecule has 0 aromatic carbocycles. The Kier molecular flexibility index (Phi) is 2.06. The Bertz CT molecular complexity index is 283. The zero-order valence-corrected chi connectivity index (χ0v) is 5.78. The Labute approximate surface area is 61.6 Å². The van der Waals surface area contributed by atoms with Gasteiger partial charge < -0.3 is 4.98 Å². The number of hydrogen-bond donors (Lipinski definition) is 1. The molecule has 2 nitrogen and oxygen atoms in total. The summed E-state index contributed by atoms with van der Waals surface area (Å²) in [4.78, 5) is 12.8. The van der Waals surface area contributed by atoms with Gasteiger partial charge in [-0.3, -0.25) is 4.79 Å². The molecule has 0 unspecified atom stereocenters. The summed E-state index contributed by atoms with van der Waals surface area (Å²) in [6.07, 6.45) is 0. The van der Waals surface area contributed by atoms with Crippen molar-refractivity contribution in [3.05, 3.63) is 34.0 Å². The highest BCUT2D eigenvalue weighted by Gasteiger charge is 1.98. The molecule has 0 atom stereocenters. The van der Waals surface area contributed by atoms with E-state index in [-0.39, 0.29) is 17.1 Å². The molecule has 1 aromatic rings. The van der Waals surface area contributed by atoms with E-state index in [1.807, 2.05) is 0 Å². The molecular formula is C6H5ClFNO. The average molecular weight is 162 g/mol. The molecule has 0 bridgehead atoms. The van der Waals surface area contributed by atoms with Crippen LogP contribution < -0.4 is 5.56 Å².